The first kappa shape index (κ1) is 22.2. The predicted molar refractivity (Wildman–Crippen MR) is 103 cm³/mol. The normalized spacial score (nSPS) is 18.6. The van der Waals surface area contributed by atoms with E-state index in [0.29, 0.717) is 6.42 Å². The summed E-state index contributed by atoms with van der Waals surface area (Å²) in [5.41, 5.74) is 0. The monoisotopic (exact) mass is 352 g/mol. The summed E-state index contributed by atoms with van der Waals surface area (Å²) < 4.78 is 4.58. The van der Waals surface area contributed by atoms with Crippen molar-refractivity contribution in [2.45, 2.75) is 117 Å². The van der Waals surface area contributed by atoms with Crippen molar-refractivity contribution in [2.24, 2.45) is 11.8 Å². The van der Waals surface area contributed by atoms with Crippen LogP contribution in [0.25, 0.3) is 0 Å². The molecule has 1 rings (SSSR count). The van der Waals surface area contributed by atoms with E-state index in [1.54, 1.807) is 0 Å². The van der Waals surface area contributed by atoms with Gasteiger partial charge in [-0.05, 0) is 12.3 Å². The molecule has 0 amide bonds. The molecule has 1 saturated heterocycles. The predicted octanol–water partition coefficient (Wildman–Crippen LogP) is 6.58. The van der Waals surface area contributed by atoms with Gasteiger partial charge in [-0.2, -0.15) is 0 Å². The molecule has 25 heavy (non-hydrogen) atoms. The minimum atomic E-state index is -0.342. The third-order valence-corrected chi connectivity index (χ3v) is 5.51. The molecule has 1 aliphatic heterocycles. The summed E-state index contributed by atoms with van der Waals surface area (Å²) in [6, 6.07) is 0. The van der Waals surface area contributed by atoms with Crippen molar-refractivity contribution in [1.29, 1.82) is 0 Å². The van der Waals surface area contributed by atoms with E-state index in [1.165, 1.54) is 83.5 Å². The van der Waals surface area contributed by atoms with Crippen molar-refractivity contribution in [1.82, 2.24) is 0 Å². The van der Waals surface area contributed by atoms with Crippen LogP contribution >= 0.6 is 0 Å². The number of unbranched alkanes of at least 4 members (excludes halogenated alkanes) is 10. The number of hydrogen-bond donors (Lipinski definition) is 0. The second-order valence-corrected chi connectivity index (χ2v) is 8.05. The highest BCUT2D eigenvalue weighted by molar-refractivity contribution is 5.94. The van der Waals surface area contributed by atoms with Gasteiger partial charge in [0.25, 0.3) is 0 Å². The van der Waals surface area contributed by atoms with Crippen LogP contribution < -0.4 is 0 Å². The Bertz CT molecular complexity index is 364. The zero-order chi connectivity index (χ0) is 18.3. The van der Waals surface area contributed by atoms with Gasteiger partial charge in [0, 0.05) is 0 Å². The quantitative estimate of drug-likeness (QED) is 0.179. The number of cyclic esters (lactones) is 2. The number of esters is 2. The zero-order valence-corrected chi connectivity index (χ0v) is 16.7. The van der Waals surface area contributed by atoms with Crippen LogP contribution in [0.15, 0.2) is 0 Å². The molecule has 0 bridgehead atoms. The molecular formula is C22H40O3. The van der Waals surface area contributed by atoms with E-state index < -0.39 is 0 Å². The average molecular weight is 353 g/mol. The Kier molecular flexibility index (Phi) is 12.7. The molecule has 3 heteroatoms. The molecule has 0 N–H and O–H groups in total. The summed E-state index contributed by atoms with van der Waals surface area (Å²) in [5.74, 6) is 0.0983. The SMILES string of the molecule is CCCCCCCC(C)CCCCCCCCCC1CC(=O)OC1=O. The molecular weight excluding hydrogens is 312 g/mol. The van der Waals surface area contributed by atoms with Crippen LogP contribution in [0.4, 0.5) is 0 Å². The Morgan fingerprint density at radius 1 is 0.840 bits per heavy atom. The Balaban J connectivity index is 1.81. The Hall–Kier alpha value is -0.860. The molecule has 1 heterocycles. The standard InChI is InChI=1S/C22H40O3/c1-3-4-5-9-12-15-19(2)16-13-10-7-6-8-11-14-17-20-18-21(23)25-22(20)24/h19-20H,3-18H2,1-2H3. The summed E-state index contributed by atoms with van der Waals surface area (Å²) in [7, 11) is 0. The molecule has 146 valence electrons. The average Bonchev–Trinajstić information content (AvgIpc) is 2.90. The topological polar surface area (TPSA) is 43.4 Å². The van der Waals surface area contributed by atoms with Gasteiger partial charge in [0.05, 0.1) is 12.3 Å². The zero-order valence-electron chi connectivity index (χ0n) is 16.7. The van der Waals surface area contributed by atoms with E-state index in [9.17, 15) is 9.59 Å². The van der Waals surface area contributed by atoms with Crippen LogP contribution in [0.5, 0.6) is 0 Å². The fourth-order valence-electron chi connectivity index (χ4n) is 3.75. The van der Waals surface area contributed by atoms with Gasteiger partial charge < -0.3 is 4.74 Å². The van der Waals surface area contributed by atoms with Gasteiger partial charge in [-0.25, -0.2) is 0 Å². The fraction of sp³-hybridized carbons (Fsp3) is 0.909. The highest BCUT2D eigenvalue weighted by Crippen LogP contribution is 2.23. The van der Waals surface area contributed by atoms with E-state index in [2.05, 4.69) is 18.6 Å². The van der Waals surface area contributed by atoms with Crippen LogP contribution in [0, 0.1) is 11.8 Å². The first-order valence-electron chi connectivity index (χ1n) is 10.9. The van der Waals surface area contributed by atoms with Crippen molar-refractivity contribution in [3.63, 3.8) is 0 Å². The number of carbonyl (C=O) groups excluding carboxylic acids is 2. The maximum atomic E-state index is 11.3. The molecule has 0 aliphatic carbocycles. The third kappa shape index (κ3) is 11.4. The molecule has 1 fully saturated rings. The lowest BCUT2D eigenvalue weighted by Gasteiger charge is -2.11. The molecule has 0 aromatic heterocycles. The van der Waals surface area contributed by atoms with Crippen molar-refractivity contribution >= 4 is 11.9 Å². The van der Waals surface area contributed by atoms with Crippen LogP contribution in [-0.2, 0) is 14.3 Å². The van der Waals surface area contributed by atoms with Crippen molar-refractivity contribution < 1.29 is 14.3 Å². The summed E-state index contributed by atoms with van der Waals surface area (Å²) in [6.45, 7) is 4.69. The Morgan fingerprint density at radius 3 is 1.88 bits per heavy atom. The summed E-state index contributed by atoms with van der Waals surface area (Å²) in [5, 5.41) is 0. The minimum Gasteiger partial charge on any atom is -0.393 e. The van der Waals surface area contributed by atoms with Crippen LogP contribution in [0.1, 0.15) is 117 Å². The molecule has 0 saturated carbocycles. The van der Waals surface area contributed by atoms with E-state index in [0.717, 1.165) is 18.8 Å². The first-order valence-corrected chi connectivity index (χ1v) is 10.9. The van der Waals surface area contributed by atoms with Crippen LogP contribution in [0.2, 0.25) is 0 Å². The molecule has 0 spiro atoms. The summed E-state index contributed by atoms with van der Waals surface area (Å²) in [4.78, 5) is 22.4. The third-order valence-electron chi connectivity index (χ3n) is 5.51. The second kappa shape index (κ2) is 14.3. The van der Waals surface area contributed by atoms with Crippen molar-refractivity contribution in [3.05, 3.63) is 0 Å². The van der Waals surface area contributed by atoms with Crippen LogP contribution in [-0.4, -0.2) is 11.9 Å². The van der Waals surface area contributed by atoms with Gasteiger partial charge in [0.15, 0.2) is 0 Å². The smallest absolute Gasteiger partial charge is 0.317 e. The Morgan fingerprint density at radius 2 is 1.36 bits per heavy atom. The number of hydrogen-bond acceptors (Lipinski definition) is 3. The van der Waals surface area contributed by atoms with Gasteiger partial charge in [0.2, 0.25) is 0 Å². The largest absolute Gasteiger partial charge is 0.393 e. The van der Waals surface area contributed by atoms with Gasteiger partial charge >= 0.3 is 11.9 Å². The summed E-state index contributed by atoms with van der Waals surface area (Å²) in [6.07, 6.45) is 19.8. The number of carbonyl (C=O) groups is 2. The molecule has 3 nitrogen and oxygen atoms in total. The highest BCUT2D eigenvalue weighted by Gasteiger charge is 2.32. The van der Waals surface area contributed by atoms with E-state index in [1.807, 2.05) is 0 Å². The summed E-state index contributed by atoms with van der Waals surface area (Å²) >= 11 is 0. The number of ether oxygens (including phenoxy) is 1. The second-order valence-electron chi connectivity index (χ2n) is 8.05. The van der Waals surface area contributed by atoms with E-state index in [-0.39, 0.29) is 17.9 Å². The van der Waals surface area contributed by atoms with E-state index >= 15 is 0 Å². The number of rotatable bonds is 16. The van der Waals surface area contributed by atoms with Crippen LogP contribution in [0.3, 0.4) is 0 Å². The lowest BCUT2D eigenvalue weighted by molar-refractivity contribution is -0.153. The van der Waals surface area contributed by atoms with Gasteiger partial charge in [-0.1, -0.05) is 104 Å². The van der Waals surface area contributed by atoms with E-state index in [4.69, 9.17) is 0 Å². The molecule has 0 aromatic rings. The van der Waals surface area contributed by atoms with Crippen molar-refractivity contribution in [3.8, 4) is 0 Å². The molecule has 2 atom stereocenters. The first-order chi connectivity index (χ1) is 12.1. The highest BCUT2D eigenvalue weighted by atomic mass is 16.6. The fourth-order valence-corrected chi connectivity index (χ4v) is 3.75. The molecule has 0 aromatic carbocycles. The molecule has 1 aliphatic rings. The maximum Gasteiger partial charge on any atom is 0.317 e. The molecule has 0 radical (unpaired) electrons. The molecule has 2 unspecified atom stereocenters. The van der Waals surface area contributed by atoms with Crippen molar-refractivity contribution in [2.75, 3.05) is 0 Å². The lowest BCUT2D eigenvalue weighted by atomic mass is 9.95. The van der Waals surface area contributed by atoms with Gasteiger partial charge in [-0.3, -0.25) is 9.59 Å². The lowest BCUT2D eigenvalue weighted by Crippen LogP contribution is -2.06. The Labute approximate surface area is 155 Å². The van der Waals surface area contributed by atoms with Gasteiger partial charge in [0.1, 0.15) is 0 Å². The maximum absolute atomic E-state index is 11.3. The minimum absolute atomic E-state index is 0.157. The van der Waals surface area contributed by atoms with Gasteiger partial charge in [-0.15, -0.1) is 0 Å².